The van der Waals surface area contributed by atoms with Gasteiger partial charge in [-0.25, -0.2) is 4.79 Å². The molecule has 28 heavy (non-hydrogen) atoms. The van der Waals surface area contributed by atoms with Gasteiger partial charge in [0.2, 0.25) is 5.91 Å². The second-order valence-electron chi connectivity index (χ2n) is 8.81. The number of nitrogens with one attached hydrogen (secondary N) is 1. The Bertz CT molecular complexity index is 672. The highest BCUT2D eigenvalue weighted by atomic mass is 32.1. The number of nitrogens with zero attached hydrogens (tertiary/aromatic N) is 1. The average Bonchev–Trinajstić information content (AvgIpc) is 2.90. The van der Waals surface area contributed by atoms with Crippen LogP contribution < -0.4 is 5.32 Å². The van der Waals surface area contributed by atoms with Gasteiger partial charge < -0.3 is 10.1 Å². The first-order valence-electron chi connectivity index (χ1n) is 10.5. The van der Waals surface area contributed by atoms with Crippen molar-refractivity contribution in [2.75, 3.05) is 31.6 Å². The third-order valence-electron chi connectivity index (χ3n) is 4.86. The van der Waals surface area contributed by atoms with Crippen LogP contribution in [0.25, 0.3) is 0 Å². The number of hydrogen-bond donors (Lipinski definition) is 1. The summed E-state index contributed by atoms with van der Waals surface area (Å²) in [7, 11) is 0. The molecule has 1 heterocycles. The van der Waals surface area contributed by atoms with Gasteiger partial charge in [-0.3, -0.25) is 9.69 Å². The van der Waals surface area contributed by atoms with Gasteiger partial charge >= 0.3 is 5.97 Å². The van der Waals surface area contributed by atoms with Crippen molar-refractivity contribution in [1.29, 1.82) is 0 Å². The number of fused-ring (bicyclic) bond motifs is 1. The van der Waals surface area contributed by atoms with Gasteiger partial charge in [0, 0.05) is 18.0 Å². The highest BCUT2D eigenvalue weighted by Crippen LogP contribution is 2.40. The molecule has 0 spiro atoms. The summed E-state index contributed by atoms with van der Waals surface area (Å²) in [6.45, 7) is 15.2. The van der Waals surface area contributed by atoms with Crippen LogP contribution in [0.15, 0.2) is 0 Å². The number of anilines is 1. The Morgan fingerprint density at radius 2 is 1.86 bits per heavy atom. The van der Waals surface area contributed by atoms with Gasteiger partial charge in [-0.05, 0) is 49.5 Å². The minimum atomic E-state index is -0.314. The van der Waals surface area contributed by atoms with Crippen molar-refractivity contribution < 1.29 is 14.3 Å². The molecule has 1 aromatic heterocycles. The topological polar surface area (TPSA) is 58.6 Å². The van der Waals surface area contributed by atoms with Crippen LogP contribution >= 0.6 is 11.3 Å². The molecule has 1 amide bonds. The van der Waals surface area contributed by atoms with Gasteiger partial charge in [0.05, 0.1) is 18.7 Å². The summed E-state index contributed by atoms with van der Waals surface area (Å²) in [6.07, 6.45) is 2.92. The zero-order valence-corrected chi connectivity index (χ0v) is 19.1. The molecule has 158 valence electrons. The number of amides is 1. The van der Waals surface area contributed by atoms with Crippen molar-refractivity contribution >= 4 is 28.2 Å². The average molecular weight is 409 g/mol. The molecule has 0 bridgehead atoms. The minimum Gasteiger partial charge on any atom is -0.462 e. The number of hydrogen-bond acceptors (Lipinski definition) is 5. The Labute approximate surface area is 173 Å². The molecule has 5 nitrogen and oxygen atoms in total. The number of carbonyl (C=O) groups excluding carboxylic acids is 2. The monoisotopic (exact) mass is 408 g/mol. The van der Waals surface area contributed by atoms with Gasteiger partial charge in [0.25, 0.3) is 0 Å². The largest absolute Gasteiger partial charge is 0.462 e. The molecule has 1 aliphatic carbocycles. The normalized spacial score (nSPS) is 16.5. The molecular weight excluding hydrogens is 372 g/mol. The van der Waals surface area contributed by atoms with Crippen LogP contribution in [-0.4, -0.2) is 43.0 Å². The van der Waals surface area contributed by atoms with Crippen molar-refractivity contribution in [3.8, 4) is 0 Å². The molecule has 1 aliphatic rings. The first-order valence-corrected chi connectivity index (χ1v) is 11.4. The molecular formula is C22H36N2O3S. The molecule has 1 N–H and O–H groups in total. The van der Waals surface area contributed by atoms with E-state index in [0.29, 0.717) is 41.5 Å². The van der Waals surface area contributed by atoms with E-state index in [1.807, 2.05) is 6.92 Å². The van der Waals surface area contributed by atoms with Gasteiger partial charge in [0.15, 0.2) is 0 Å². The SMILES string of the molecule is CCOC(=O)c1c(NC(=O)CN(CC(C)C)CC(C)C)sc2c1CC[C@@H](C)C2. The number of ether oxygens (including phenoxy) is 1. The molecule has 0 fully saturated rings. The smallest absolute Gasteiger partial charge is 0.341 e. The standard InChI is InChI=1S/C22H36N2O3S/c1-7-27-22(26)20-17-9-8-16(6)10-18(17)28-21(20)23-19(25)13-24(11-14(2)3)12-15(4)5/h14-16H,7-13H2,1-6H3,(H,23,25)/t16-/m1/s1. The van der Waals surface area contributed by atoms with Crippen LogP contribution in [-0.2, 0) is 22.4 Å². The fourth-order valence-electron chi connectivity index (χ4n) is 3.86. The summed E-state index contributed by atoms with van der Waals surface area (Å²) in [6, 6.07) is 0. The number of rotatable bonds is 9. The zero-order chi connectivity index (χ0) is 20.8. The van der Waals surface area contributed by atoms with Gasteiger partial charge in [0.1, 0.15) is 5.00 Å². The fraction of sp³-hybridized carbons (Fsp3) is 0.727. The molecule has 0 saturated carbocycles. The summed E-state index contributed by atoms with van der Waals surface area (Å²) in [5.41, 5.74) is 1.67. The Morgan fingerprint density at radius 3 is 2.43 bits per heavy atom. The maximum Gasteiger partial charge on any atom is 0.341 e. The van der Waals surface area contributed by atoms with E-state index < -0.39 is 0 Å². The van der Waals surface area contributed by atoms with Gasteiger partial charge in [-0.15, -0.1) is 11.3 Å². The molecule has 0 aliphatic heterocycles. The minimum absolute atomic E-state index is 0.0570. The van der Waals surface area contributed by atoms with Crippen molar-refractivity contribution in [2.24, 2.45) is 17.8 Å². The summed E-state index contributed by atoms with van der Waals surface area (Å²) in [5, 5.41) is 3.70. The van der Waals surface area contributed by atoms with Gasteiger partial charge in [-0.1, -0.05) is 34.6 Å². The number of esters is 1. The summed E-state index contributed by atoms with van der Waals surface area (Å²) in [4.78, 5) is 28.8. The van der Waals surface area contributed by atoms with E-state index in [1.165, 1.54) is 4.88 Å². The molecule has 0 radical (unpaired) electrons. The van der Waals surface area contributed by atoms with E-state index >= 15 is 0 Å². The van der Waals surface area contributed by atoms with Crippen LogP contribution in [0.4, 0.5) is 5.00 Å². The third kappa shape index (κ3) is 6.31. The first-order chi connectivity index (χ1) is 13.2. The Kier molecular flexibility index (Phi) is 8.50. The maximum atomic E-state index is 12.8. The molecule has 1 aromatic rings. The first kappa shape index (κ1) is 22.9. The van der Waals surface area contributed by atoms with Crippen molar-refractivity contribution in [1.82, 2.24) is 4.90 Å². The summed E-state index contributed by atoms with van der Waals surface area (Å²) >= 11 is 1.55. The second-order valence-corrected chi connectivity index (χ2v) is 9.91. The third-order valence-corrected chi connectivity index (χ3v) is 6.03. The van der Waals surface area contributed by atoms with Crippen LogP contribution in [0.1, 0.15) is 68.8 Å². The van der Waals surface area contributed by atoms with Crippen LogP contribution in [0, 0.1) is 17.8 Å². The highest BCUT2D eigenvalue weighted by molar-refractivity contribution is 7.17. The lowest BCUT2D eigenvalue weighted by Gasteiger charge is -2.25. The van der Waals surface area contributed by atoms with E-state index in [0.717, 1.165) is 37.9 Å². The lowest BCUT2D eigenvalue weighted by Crippen LogP contribution is -2.38. The molecule has 0 saturated heterocycles. The van der Waals surface area contributed by atoms with E-state index in [2.05, 4.69) is 44.8 Å². The zero-order valence-electron chi connectivity index (χ0n) is 18.3. The highest BCUT2D eigenvalue weighted by Gasteiger charge is 2.29. The predicted octanol–water partition coefficient (Wildman–Crippen LogP) is 4.60. The molecule has 2 rings (SSSR count). The summed E-state index contributed by atoms with van der Waals surface area (Å²) < 4.78 is 5.29. The van der Waals surface area contributed by atoms with Crippen molar-refractivity contribution in [3.63, 3.8) is 0 Å². The van der Waals surface area contributed by atoms with Gasteiger partial charge in [-0.2, -0.15) is 0 Å². The summed E-state index contributed by atoms with van der Waals surface area (Å²) in [5.74, 6) is 1.23. The molecule has 0 aromatic carbocycles. The van der Waals surface area contributed by atoms with Crippen LogP contribution in [0.2, 0.25) is 0 Å². The molecule has 0 unspecified atom stereocenters. The van der Waals surface area contributed by atoms with E-state index in [-0.39, 0.29) is 11.9 Å². The Balaban J connectivity index is 2.19. The fourth-order valence-corrected chi connectivity index (χ4v) is 5.28. The van der Waals surface area contributed by atoms with Crippen molar-refractivity contribution in [2.45, 2.75) is 60.8 Å². The van der Waals surface area contributed by atoms with E-state index in [9.17, 15) is 9.59 Å². The van der Waals surface area contributed by atoms with Crippen molar-refractivity contribution in [3.05, 3.63) is 16.0 Å². The van der Waals surface area contributed by atoms with E-state index in [1.54, 1.807) is 11.3 Å². The molecule has 6 heteroatoms. The predicted molar refractivity (Wildman–Crippen MR) is 116 cm³/mol. The lowest BCUT2D eigenvalue weighted by molar-refractivity contribution is -0.117. The Morgan fingerprint density at radius 1 is 1.21 bits per heavy atom. The quantitative estimate of drug-likeness (QED) is 0.607. The van der Waals surface area contributed by atoms with Crippen LogP contribution in [0.3, 0.4) is 0 Å². The number of thiophene rings is 1. The van der Waals surface area contributed by atoms with E-state index in [4.69, 9.17) is 4.74 Å². The Hall–Kier alpha value is -1.40. The second kappa shape index (κ2) is 10.4. The number of carbonyl (C=O) groups is 2. The lowest BCUT2D eigenvalue weighted by atomic mass is 9.88. The maximum absolute atomic E-state index is 12.8. The van der Waals surface area contributed by atoms with Crippen LogP contribution in [0.5, 0.6) is 0 Å². The molecule has 1 atom stereocenters.